The molecule has 0 spiro atoms. The van der Waals surface area contributed by atoms with Gasteiger partial charge < -0.3 is 5.32 Å². The fraction of sp³-hybridized carbons (Fsp3) is 0.533. The van der Waals surface area contributed by atoms with E-state index in [-0.39, 0.29) is 17.8 Å². The Morgan fingerprint density at radius 1 is 1.22 bits per heavy atom. The third kappa shape index (κ3) is 3.30. The Kier molecular flexibility index (Phi) is 4.72. The molecule has 1 N–H and O–H groups in total. The van der Waals surface area contributed by atoms with Crippen molar-refractivity contribution in [3.8, 4) is 6.07 Å². The summed E-state index contributed by atoms with van der Waals surface area (Å²) in [5, 5.41) is 12.5. The van der Waals surface area contributed by atoms with Crippen molar-refractivity contribution < 1.29 is 4.39 Å². The van der Waals surface area contributed by atoms with Crippen LogP contribution in [0.5, 0.6) is 0 Å². The number of hydrogen-bond acceptors (Lipinski definition) is 2. The van der Waals surface area contributed by atoms with Crippen LogP contribution < -0.4 is 5.32 Å². The molecular formula is C15H19FN2. The normalized spacial score (nSPS) is 24.2. The average Bonchev–Trinajstić information content (AvgIpc) is 2.62. The van der Waals surface area contributed by atoms with E-state index in [1.54, 1.807) is 12.1 Å². The summed E-state index contributed by atoms with van der Waals surface area (Å²) in [6.45, 7) is 0.509. The molecule has 2 unspecified atom stereocenters. The van der Waals surface area contributed by atoms with E-state index >= 15 is 0 Å². The largest absolute Gasteiger partial charge is 0.309 e. The van der Waals surface area contributed by atoms with E-state index in [9.17, 15) is 9.65 Å². The van der Waals surface area contributed by atoms with Crippen LogP contribution in [-0.2, 0) is 6.54 Å². The number of nitrogens with zero attached hydrogens (tertiary/aromatic N) is 1. The van der Waals surface area contributed by atoms with E-state index in [1.807, 2.05) is 6.07 Å². The van der Waals surface area contributed by atoms with Crippen LogP contribution in [0.4, 0.5) is 4.39 Å². The number of nitriles is 1. The van der Waals surface area contributed by atoms with Gasteiger partial charge in [0.05, 0.1) is 12.0 Å². The molecule has 1 aromatic carbocycles. The molecule has 18 heavy (non-hydrogen) atoms. The summed E-state index contributed by atoms with van der Waals surface area (Å²) in [6.07, 6.45) is 5.48. The molecular weight excluding hydrogens is 227 g/mol. The molecule has 0 radical (unpaired) electrons. The van der Waals surface area contributed by atoms with Crippen LogP contribution in [0.3, 0.4) is 0 Å². The van der Waals surface area contributed by atoms with Gasteiger partial charge in [0, 0.05) is 18.2 Å². The fourth-order valence-electron chi connectivity index (χ4n) is 2.59. The molecule has 3 heteroatoms. The van der Waals surface area contributed by atoms with Crippen LogP contribution in [0.15, 0.2) is 24.3 Å². The Hall–Kier alpha value is -1.40. The molecule has 0 amide bonds. The molecule has 0 heterocycles. The number of halogens is 1. The van der Waals surface area contributed by atoms with E-state index in [1.165, 1.54) is 12.5 Å². The van der Waals surface area contributed by atoms with E-state index in [0.29, 0.717) is 12.1 Å². The molecule has 0 aromatic heterocycles. The summed E-state index contributed by atoms with van der Waals surface area (Å²) in [4.78, 5) is 0. The minimum atomic E-state index is -0.174. The zero-order valence-electron chi connectivity index (χ0n) is 10.5. The molecule has 1 aliphatic rings. The molecule has 2 rings (SSSR count). The van der Waals surface area contributed by atoms with E-state index in [2.05, 4.69) is 11.4 Å². The SMILES string of the molecule is N#CC1CCCCCC1NCc1ccccc1F. The smallest absolute Gasteiger partial charge is 0.127 e. The average molecular weight is 246 g/mol. The highest BCUT2D eigenvalue weighted by atomic mass is 19.1. The van der Waals surface area contributed by atoms with Crippen molar-refractivity contribution in [2.24, 2.45) is 5.92 Å². The van der Waals surface area contributed by atoms with Gasteiger partial charge >= 0.3 is 0 Å². The van der Waals surface area contributed by atoms with Crippen LogP contribution in [0.2, 0.25) is 0 Å². The molecule has 0 bridgehead atoms. The van der Waals surface area contributed by atoms with Gasteiger partial charge in [0.2, 0.25) is 0 Å². The first-order chi connectivity index (χ1) is 8.81. The maximum atomic E-state index is 13.5. The molecule has 1 aromatic rings. The lowest BCUT2D eigenvalue weighted by Gasteiger charge is -2.21. The van der Waals surface area contributed by atoms with Gasteiger partial charge in [0.1, 0.15) is 5.82 Å². The lowest BCUT2D eigenvalue weighted by Crippen LogP contribution is -2.34. The highest BCUT2D eigenvalue weighted by molar-refractivity contribution is 5.17. The summed E-state index contributed by atoms with van der Waals surface area (Å²) in [5.74, 6) is -0.105. The van der Waals surface area contributed by atoms with E-state index < -0.39 is 0 Å². The second kappa shape index (κ2) is 6.51. The van der Waals surface area contributed by atoms with Gasteiger partial charge in [-0.1, -0.05) is 37.5 Å². The first kappa shape index (κ1) is 13.0. The Labute approximate surface area is 108 Å². The molecule has 2 atom stereocenters. The summed E-state index contributed by atoms with van der Waals surface area (Å²) >= 11 is 0. The van der Waals surface area contributed by atoms with Crippen molar-refractivity contribution >= 4 is 0 Å². The van der Waals surface area contributed by atoms with Crippen LogP contribution >= 0.6 is 0 Å². The van der Waals surface area contributed by atoms with Gasteiger partial charge in [-0.2, -0.15) is 5.26 Å². The molecule has 96 valence electrons. The maximum absolute atomic E-state index is 13.5. The topological polar surface area (TPSA) is 35.8 Å². The number of rotatable bonds is 3. The number of hydrogen-bond donors (Lipinski definition) is 1. The summed E-state index contributed by atoms with van der Waals surface area (Å²) < 4.78 is 13.5. The van der Waals surface area contributed by atoms with Gasteiger partial charge in [-0.05, 0) is 18.9 Å². The van der Waals surface area contributed by atoms with Crippen LogP contribution in [0.25, 0.3) is 0 Å². The van der Waals surface area contributed by atoms with Crippen molar-refractivity contribution in [2.45, 2.75) is 44.7 Å². The van der Waals surface area contributed by atoms with Gasteiger partial charge in [0.25, 0.3) is 0 Å². The van der Waals surface area contributed by atoms with Crippen molar-refractivity contribution in [1.29, 1.82) is 5.26 Å². The van der Waals surface area contributed by atoms with Gasteiger partial charge in [0.15, 0.2) is 0 Å². The van der Waals surface area contributed by atoms with Crippen molar-refractivity contribution in [3.05, 3.63) is 35.6 Å². The molecule has 1 fully saturated rings. The van der Waals surface area contributed by atoms with E-state index in [4.69, 9.17) is 0 Å². The summed E-state index contributed by atoms with van der Waals surface area (Å²) in [5.41, 5.74) is 0.679. The highest BCUT2D eigenvalue weighted by Crippen LogP contribution is 2.23. The third-order valence-corrected chi connectivity index (χ3v) is 3.69. The number of benzene rings is 1. The Bertz CT molecular complexity index is 425. The lowest BCUT2D eigenvalue weighted by atomic mass is 9.96. The van der Waals surface area contributed by atoms with Crippen molar-refractivity contribution in [1.82, 2.24) is 5.32 Å². The van der Waals surface area contributed by atoms with Gasteiger partial charge in [-0.25, -0.2) is 4.39 Å². The van der Waals surface area contributed by atoms with E-state index in [0.717, 1.165) is 25.7 Å². The molecule has 1 saturated carbocycles. The second-order valence-corrected chi connectivity index (χ2v) is 4.95. The predicted octanol–water partition coefficient (Wildman–Crippen LogP) is 3.39. The molecule has 1 aliphatic carbocycles. The zero-order valence-corrected chi connectivity index (χ0v) is 10.5. The first-order valence-corrected chi connectivity index (χ1v) is 6.67. The second-order valence-electron chi connectivity index (χ2n) is 4.95. The first-order valence-electron chi connectivity index (χ1n) is 6.67. The van der Waals surface area contributed by atoms with Crippen LogP contribution in [0, 0.1) is 23.1 Å². The van der Waals surface area contributed by atoms with Crippen molar-refractivity contribution in [3.63, 3.8) is 0 Å². The predicted molar refractivity (Wildman–Crippen MR) is 69.2 cm³/mol. The zero-order chi connectivity index (χ0) is 12.8. The monoisotopic (exact) mass is 246 g/mol. The summed E-state index contributed by atoms with van der Waals surface area (Å²) in [6, 6.07) is 9.40. The van der Waals surface area contributed by atoms with Crippen LogP contribution in [0.1, 0.15) is 37.7 Å². The molecule has 0 aliphatic heterocycles. The maximum Gasteiger partial charge on any atom is 0.127 e. The van der Waals surface area contributed by atoms with Gasteiger partial charge in [-0.15, -0.1) is 0 Å². The minimum absolute atomic E-state index is 0.0688. The van der Waals surface area contributed by atoms with Crippen molar-refractivity contribution in [2.75, 3.05) is 0 Å². The van der Waals surface area contributed by atoms with Crippen LogP contribution in [-0.4, -0.2) is 6.04 Å². The molecule has 2 nitrogen and oxygen atoms in total. The lowest BCUT2D eigenvalue weighted by molar-refractivity contribution is 0.390. The highest BCUT2D eigenvalue weighted by Gasteiger charge is 2.22. The Morgan fingerprint density at radius 3 is 2.78 bits per heavy atom. The number of nitrogens with one attached hydrogen (secondary N) is 1. The Morgan fingerprint density at radius 2 is 2.00 bits per heavy atom. The standard InChI is InChI=1S/C15H19FN2/c16-14-8-5-4-7-13(14)11-18-15-9-3-1-2-6-12(15)10-17/h4-5,7-8,12,15,18H,1-3,6,9,11H2. The third-order valence-electron chi connectivity index (χ3n) is 3.69. The molecule has 0 saturated heterocycles. The summed E-state index contributed by atoms with van der Waals surface area (Å²) in [7, 11) is 0. The minimum Gasteiger partial charge on any atom is -0.309 e. The fourth-order valence-corrected chi connectivity index (χ4v) is 2.59. The van der Waals surface area contributed by atoms with Gasteiger partial charge in [-0.3, -0.25) is 0 Å². The quantitative estimate of drug-likeness (QED) is 0.830. The Balaban J connectivity index is 1.96.